The summed E-state index contributed by atoms with van der Waals surface area (Å²) in [5, 5.41) is 0. The molecule has 18 heavy (non-hydrogen) atoms. The van der Waals surface area contributed by atoms with Gasteiger partial charge in [-0.05, 0) is 37.0 Å². The summed E-state index contributed by atoms with van der Waals surface area (Å²) in [5.74, 6) is 1.80. The van der Waals surface area contributed by atoms with E-state index in [4.69, 9.17) is 15.2 Å². The van der Waals surface area contributed by atoms with Gasteiger partial charge in [-0.25, -0.2) is 0 Å². The van der Waals surface area contributed by atoms with Gasteiger partial charge in [-0.2, -0.15) is 0 Å². The molecule has 0 aromatic heterocycles. The van der Waals surface area contributed by atoms with Crippen LogP contribution in [-0.4, -0.2) is 13.3 Å². The lowest BCUT2D eigenvalue weighted by molar-refractivity contribution is 0.173. The van der Waals surface area contributed by atoms with Gasteiger partial charge in [0.15, 0.2) is 11.5 Å². The van der Waals surface area contributed by atoms with Crippen molar-refractivity contribution in [3.05, 3.63) is 23.3 Å². The van der Waals surface area contributed by atoms with E-state index in [1.165, 1.54) is 43.2 Å². The first-order chi connectivity index (χ1) is 8.77. The Morgan fingerprint density at radius 1 is 1.17 bits per heavy atom. The fourth-order valence-corrected chi connectivity index (χ4v) is 3.50. The van der Waals surface area contributed by atoms with Gasteiger partial charge in [-0.3, -0.25) is 0 Å². The number of benzene rings is 1. The van der Waals surface area contributed by atoms with Gasteiger partial charge in [0.2, 0.25) is 6.79 Å². The van der Waals surface area contributed by atoms with Crippen LogP contribution in [0.1, 0.15) is 43.2 Å². The molecule has 3 nitrogen and oxygen atoms in total. The van der Waals surface area contributed by atoms with Gasteiger partial charge in [0.25, 0.3) is 0 Å². The summed E-state index contributed by atoms with van der Waals surface area (Å²) in [6.07, 6.45) is 6.30. The van der Waals surface area contributed by atoms with E-state index in [9.17, 15) is 0 Å². The largest absolute Gasteiger partial charge is 0.454 e. The summed E-state index contributed by atoms with van der Waals surface area (Å²) in [7, 11) is 0. The second kappa shape index (κ2) is 4.47. The molecule has 1 aliphatic carbocycles. The number of rotatable bonds is 2. The minimum Gasteiger partial charge on any atom is -0.454 e. The van der Waals surface area contributed by atoms with Gasteiger partial charge in [0, 0.05) is 12.0 Å². The lowest BCUT2D eigenvalue weighted by Gasteiger charge is -2.38. The van der Waals surface area contributed by atoms with Gasteiger partial charge in [0.1, 0.15) is 0 Å². The Bertz CT molecular complexity index is 450. The molecule has 0 spiro atoms. The number of hydrogen-bond donors (Lipinski definition) is 1. The normalized spacial score (nSPS) is 21.0. The van der Waals surface area contributed by atoms with Crippen LogP contribution in [0.4, 0.5) is 0 Å². The smallest absolute Gasteiger partial charge is 0.231 e. The van der Waals surface area contributed by atoms with Crippen LogP contribution in [0.5, 0.6) is 11.5 Å². The highest BCUT2D eigenvalue weighted by Crippen LogP contribution is 2.45. The predicted octanol–water partition coefficient (Wildman–Crippen LogP) is 2.88. The summed E-state index contributed by atoms with van der Waals surface area (Å²) < 4.78 is 11.0. The molecule has 1 heterocycles. The molecule has 3 heteroatoms. The fourth-order valence-electron chi connectivity index (χ4n) is 3.50. The van der Waals surface area contributed by atoms with Crippen molar-refractivity contribution in [2.75, 3.05) is 13.3 Å². The molecule has 1 aromatic rings. The number of nitrogens with two attached hydrogens (primary N) is 1. The van der Waals surface area contributed by atoms with Crippen LogP contribution in [0.3, 0.4) is 0 Å². The highest BCUT2D eigenvalue weighted by Gasteiger charge is 2.35. The first kappa shape index (κ1) is 11.8. The third-order valence-corrected chi connectivity index (χ3v) is 4.56. The van der Waals surface area contributed by atoms with E-state index >= 15 is 0 Å². The zero-order valence-corrected chi connectivity index (χ0v) is 11.0. The molecule has 0 unspecified atom stereocenters. The maximum atomic E-state index is 6.11. The highest BCUT2D eigenvalue weighted by molar-refractivity contribution is 5.53. The average Bonchev–Trinajstić information content (AvgIpc) is 2.89. The summed E-state index contributed by atoms with van der Waals surface area (Å²) in [6, 6.07) is 4.23. The molecule has 1 aromatic carbocycles. The van der Waals surface area contributed by atoms with E-state index < -0.39 is 0 Å². The van der Waals surface area contributed by atoms with Crippen LogP contribution in [0.15, 0.2) is 12.1 Å². The van der Waals surface area contributed by atoms with Crippen LogP contribution in [0, 0.1) is 6.92 Å². The molecule has 0 atom stereocenters. The topological polar surface area (TPSA) is 44.5 Å². The third kappa shape index (κ3) is 1.69. The van der Waals surface area contributed by atoms with E-state index in [1.54, 1.807) is 0 Å². The van der Waals surface area contributed by atoms with E-state index in [-0.39, 0.29) is 5.41 Å². The van der Waals surface area contributed by atoms with Crippen molar-refractivity contribution in [1.82, 2.24) is 0 Å². The second-order valence-corrected chi connectivity index (χ2v) is 5.52. The average molecular weight is 247 g/mol. The van der Waals surface area contributed by atoms with Crippen molar-refractivity contribution < 1.29 is 9.47 Å². The zero-order chi connectivity index (χ0) is 12.6. The van der Waals surface area contributed by atoms with Crippen molar-refractivity contribution in [3.8, 4) is 11.5 Å². The highest BCUT2D eigenvalue weighted by atomic mass is 16.7. The molecule has 0 bridgehead atoms. The number of hydrogen-bond acceptors (Lipinski definition) is 3. The summed E-state index contributed by atoms with van der Waals surface area (Å²) in [4.78, 5) is 0. The Morgan fingerprint density at radius 3 is 2.67 bits per heavy atom. The summed E-state index contributed by atoms with van der Waals surface area (Å²) >= 11 is 0. The van der Waals surface area contributed by atoms with Crippen molar-refractivity contribution in [1.29, 1.82) is 0 Å². The molecule has 3 rings (SSSR count). The van der Waals surface area contributed by atoms with E-state index in [1.807, 2.05) is 6.07 Å². The van der Waals surface area contributed by atoms with Gasteiger partial charge < -0.3 is 15.2 Å². The summed E-state index contributed by atoms with van der Waals surface area (Å²) in [5.41, 5.74) is 8.86. The fraction of sp³-hybridized carbons (Fsp3) is 0.600. The maximum Gasteiger partial charge on any atom is 0.231 e. The van der Waals surface area contributed by atoms with Crippen molar-refractivity contribution >= 4 is 0 Å². The Balaban J connectivity index is 2.05. The SMILES string of the molecule is Cc1c(C2(CN)CCCCC2)ccc2c1OCO2. The van der Waals surface area contributed by atoms with Gasteiger partial charge >= 0.3 is 0 Å². The van der Waals surface area contributed by atoms with Crippen molar-refractivity contribution in [2.24, 2.45) is 5.73 Å². The molecule has 0 saturated heterocycles. The molecule has 0 radical (unpaired) electrons. The molecular formula is C15H21NO2. The molecule has 1 aliphatic heterocycles. The van der Waals surface area contributed by atoms with Crippen LogP contribution in [0.2, 0.25) is 0 Å². The monoisotopic (exact) mass is 247 g/mol. The first-order valence-corrected chi connectivity index (χ1v) is 6.87. The van der Waals surface area contributed by atoms with Gasteiger partial charge in [-0.15, -0.1) is 0 Å². The lowest BCUT2D eigenvalue weighted by atomic mass is 9.68. The molecular weight excluding hydrogens is 226 g/mol. The Morgan fingerprint density at radius 2 is 1.94 bits per heavy atom. The quantitative estimate of drug-likeness (QED) is 0.874. The molecule has 98 valence electrons. The number of ether oxygens (including phenoxy) is 2. The maximum absolute atomic E-state index is 6.11. The van der Waals surface area contributed by atoms with Gasteiger partial charge in [-0.1, -0.05) is 25.3 Å². The molecule has 2 aliphatic rings. The third-order valence-electron chi connectivity index (χ3n) is 4.56. The molecule has 1 saturated carbocycles. The van der Waals surface area contributed by atoms with E-state index in [0.29, 0.717) is 6.79 Å². The van der Waals surface area contributed by atoms with Crippen LogP contribution < -0.4 is 15.2 Å². The Hall–Kier alpha value is -1.22. The molecule has 0 amide bonds. The minimum atomic E-state index is 0.156. The van der Waals surface area contributed by atoms with E-state index in [2.05, 4.69) is 13.0 Å². The molecule has 1 fully saturated rings. The van der Waals surface area contributed by atoms with Crippen molar-refractivity contribution in [2.45, 2.75) is 44.4 Å². The Kier molecular flexibility index (Phi) is 2.94. The minimum absolute atomic E-state index is 0.156. The van der Waals surface area contributed by atoms with Gasteiger partial charge in [0.05, 0.1) is 0 Å². The van der Waals surface area contributed by atoms with Crippen LogP contribution >= 0.6 is 0 Å². The van der Waals surface area contributed by atoms with Crippen LogP contribution in [0.25, 0.3) is 0 Å². The molecule has 2 N–H and O–H groups in total. The Labute approximate surface area is 108 Å². The zero-order valence-electron chi connectivity index (χ0n) is 11.0. The predicted molar refractivity (Wildman–Crippen MR) is 71.1 cm³/mol. The standard InChI is InChI=1S/C15H21NO2/c1-11-12(5-6-13-14(11)18-10-17-13)15(9-16)7-3-2-4-8-15/h5-6H,2-4,7-10,16H2,1H3. The van der Waals surface area contributed by atoms with Crippen molar-refractivity contribution in [3.63, 3.8) is 0 Å². The second-order valence-electron chi connectivity index (χ2n) is 5.52. The summed E-state index contributed by atoms with van der Waals surface area (Å²) in [6.45, 7) is 3.21. The van der Waals surface area contributed by atoms with E-state index in [0.717, 1.165) is 18.0 Å². The lowest BCUT2D eigenvalue weighted by Crippen LogP contribution is -2.37. The first-order valence-electron chi connectivity index (χ1n) is 6.87. The number of fused-ring (bicyclic) bond motifs is 1. The van der Waals surface area contributed by atoms with Crippen LogP contribution in [-0.2, 0) is 5.41 Å².